The number of carbonyl (C=O) groups is 3. The molecule has 3 aliphatic heterocycles. The average molecular weight is 612 g/mol. The zero-order valence-electron chi connectivity index (χ0n) is 20.6. The fourth-order valence-electron chi connectivity index (χ4n) is 5.91. The number of ether oxygens (including phenoxy) is 1. The van der Waals surface area contributed by atoms with Crippen molar-refractivity contribution in [1.29, 1.82) is 0 Å². The predicted octanol–water partition coefficient (Wildman–Crippen LogP) is 4.22. The van der Waals surface area contributed by atoms with Gasteiger partial charge in [-0.15, -0.1) is 24.9 Å². The molecule has 1 N–H and O–H groups in total. The number of esters is 1. The third kappa shape index (κ3) is 5.00. The van der Waals surface area contributed by atoms with E-state index in [1.165, 1.54) is 0 Å². The fourth-order valence-corrected chi connectivity index (χ4v) is 9.74. The summed E-state index contributed by atoms with van der Waals surface area (Å²) in [6.45, 7) is 8.23. The van der Waals surface area contributed by atoms with Crippen molar-refractivity contribution in [3.63, 3.8) is 0 Å². The molecule has 4 rings (SSSR count). The number of benzene rings is 1. The van der Waals surface area contributed by atoms with E-state index in [4.69, 9.17) is 16.3 Å². The second kappa shape index (κ2) is 11.9. The van der Waals surface area contributed by atoms with Crippen LogP contribution in [0.15, 0.2) is 49.6 Å². The molecule has 3 heterocycles. The third-order valence-electron chi connectivity index (χ3n) is 7.39. The number of anilines is 1. The first-order chi connectivity index (χ1) is 17.8. The Bertz CT molecular complexity index is 1070. The molecule has 7 nitrogen and oxygen atoms in total. The van der Waals surface area contributed by atoms with Crippen LogP contribution >= 0.6 is 39.3 Å². The summed E-state index contributed by atoms with van der Waals surface area (Å²) in [5, 5.41) is 9.60. The van der Waals surface area contributed by atoms with Crippen LogP contribution in [0.5, 0.6) is 0 Å². The molecule has 3 unspecified atom stereocenters. The van der Waals surface area contributed by atoms with Gasteiger partial charge in [0.15, 0.2) is 0 Å². The summed E-state index contributed by atoms with van der Waals surface area (Å²) in [6.07, 6.45) is 5.47. The number of aliphatic hydroxyl groups excluding tert-OH is 1. The Morgan fingerprint density at radius 3 is 2.73 bits per heavy atom. The number of unbranched alkanes of at least 4 members (excludes halogenated alkanes) is 1. The van der Waals surface area contributed by atoms with E-state index in [1.807, 2.05) is 6.07 Å². The number of rotatable bonds is 12. The van der Waals surface area contributed by atoms with Crippen molar-refractivity contribution in [3.05, 3.63) is 54.6 Å². The number of nitrogens with zero attached hydrogens (tertiary/aromatic N) is 2. The van der Waals surface area contributed by atoms with E-state index in [-0.39, 0.29) is 41.6 Å². The molecular formula is C27H32BrClN2O5S. The number of halogens is 2. The van der Waals surface area contributed by atoms with E-state index in [9.17, 15) is 19.5 Å². The maximum atomic E-state index is 14.4. The lowest BCUT2D eigenvalue weighted by Crippen LogP contribution is -2.55. The maximum Gasteiger partial charge on any atom is 0.310 e. The van der Waals surface area contributed by atoms with Crippen molar-refractivity contribution in [3.8, 4) is 0 Å². The molecule has 3 fully saturated rings. The monoisotopic (exact) mass is 610 g/mol. The van der Waals surface area contributed by atoms with Crippen LogP contribution in [0.1, 0.15) is 25.7 Å². The molecule has 3 saturated heterocycles. The SMILES string of the molecule is C=CCCOC(=O)[C@H]1[C@@H]2SC3(CC2Br)C(C(=O)N(CC=C)c2ccccc2Cl)N(CCCCO)C(=O)[C@H]13. The summed E-state index contributed by atoms with van der Waals surface area (Å²) in [5.74, 6) is -2.16. The number of fused-ring (bicyclic) bond motifs is 1. The molecule has 1 aromatic carbocycles. The van der Waals surface area contributed by atoms with Gasteiger partial charge in [-0.25, -0.2) is 0 Å². The zero-order chi connectivity index (χ0) is 26.7. The number of amides is 2. The number of thioether (sulfide) groups is 1. The molecule has 1 aromatic rings. The molecule has 200 valence electrons. The van der Waals surface area contributed by atoms with E-state index < -0.39 is 28.6 Å². The first-order valence-corrected chi connectivity index (χ1v) is 14.7. The molecule has 1 spiro atoms. The van der Waals surface area contributed by atoms with Crippen LogP contribution in [-0.4, -0.2) is 75.0 Å². The smallest absolute Gasteiger partial charge is 0.310 e. The summed E-state index contributed by atoms with van der Waals surface area (Å²) in [4.78, 5) is 44.9. The summed E-state index contributed by atoms with van der Waals surface area (Å²) in [5.41, 5.74) is 0.546. The lowest BCUT2D eigenvalue weighted by Gasteiger charge is -2.38. The van der Waals surface area contributed by atoms with Crippen LogP contribution < -0.4 is 4.90 Å². The summed E-state index contributed by atoms with van der Waals surface area (Å²) in [6, 6.07) is 6.31. The Hall–Kier alpha value is -1.81. The highest BCUT2D eigenvalue weighted by molar-refractivity contribution is 9.09. The van der Waals surface area contributed by atoms with E-state index >= 15 is 0 Å². The van der Waals surface area contributed by atoms with Crippen LogP contribution in [0, 0.1) is 11.8 Å². The van der Waals surface area contributed by atoms with Crippen molar-refractivity contribution >= 4 is 62.8 Å². The molecule has 2 amide bonds. The molecule has 0 aromatic heterocycles. The Balaban J connectivity index is 1.75. The fraction of sp³-hybridized carbons (Fsp3) is 0.519. The first-order valence-electron chi connectivity index (χ1n) is 12.5. The van der Waals surface area contributed by atoms with Gasteiger partial charge in [-0.3, -0.25) is 14.4 Å². The van der Waals surface area contributed by atoms with Crippen molar-refractivity contribution in [1.82, 2.24) is 4.90 Å². The van der Waals surface area contributed by atoms with Crippen molar-refractivity contribution in [2.75, 3.05) is 31.2 Å². The largest absolute Gasteiger partial charge is 0.465 e. The number of hydrogen-bond acceptors (Lipinski definition) is 6. The highest BCUT2D eigenvalue weighted by Gasteiger charge is 2.76. The number of hydrogen-bond donors (Lipinski definition) is 1. The van der Waals surface area contributed by atoms with Crippen LogP contribution in [0.25, 0.3) is 0 Å². The van der Waals surface area contributed by atoms with E-state index in [1.54, 1.807) is 51.9 Å². The molecule has 0 radical (unpaired) electrons. The maximum absolute atomic E-state index is 14.4. The van der Waals surface area contributed by atoms with Crippen molar-refractivity contribution < 1.29 is 24.2 Å². The molecule has 10 heteroatoms. The zero-order valence-corrected chi connectivity index (χ0v) is 23.7. The van der Waals surface area contributed by atoms with Gasteiger partial charge < -0.3 is 19.6 Å². The minimum atomic E-state index is -0.791. The second-order valence-electron chi connectivity index (χ2n) is 9.56. The standard InChI is InChI=1S/C27H32BrClN2O5S/c1-3-5-15-36-26(35)20-21-24(33)31(13-8-9-14-32)23(27(21)16-17(28)22(20)37-27)25(34)30(12-4-2)19-11-7-6-10-18(19)29/h3-4,6-7,10-11,17,20-23,32H,1-2,5,8-9,12-16H2/t17?,20-,21+,22-,23?,27?/m1/s1. The molecule has 0 saturated carbocycles. The highest BCUT2D eigenvalue weighted by atomic mass is 79.9. The van der Waals surface area contributed by atoms with Gasteiger partial charge in [-0.1, -0.05) is 51.8 Å². The average Bonchev–Trinajstić information content (AvgIpc) is 3.46. The Morgan fingerprint density at radius 1 is 1.30 bits per heavy atom. The summed E-state index contributed by atoms with van der Waals surface area (Å²) < 4.78 is 4.76. The molecule has 0 aliphatic carbocycles. The molecule has 3 aliphatic rings. The number of carbonyl (C=O) groups excluding carboxylic acids is 3. The minimum absolute atomic E-state index is 0.00399. The molecular weight excluding hydrogens is 580 g/mol. The van der Waals surface area contributed by atoms with E-state index in [0.29, 0.717) is 42.9 Å². The van der Waals surface area contributed by atoms with Gasteiger partial charge in [0.05, 0.1) is 33.9 Å². The van der Waals surface area contributed by atoms with Crippen LogP contribution in [0.4, 0.5) is 5.69 Å². The summed E-state index contributed by atoms with van der Waals surface area (Å²) in [7, 11) is 0. The van der Waals surface area contributed by atoms with Gasteiger partial charge in [0.2, 0.25) is 5.91 Å². The lowest BCUT2D eigenvalue weighted by atomic mass is 9.71. The predicted molar refractivity (Wildman–Crippen MR) is 150 cm³/mol. The van der Waals surface area contributed by atoms with E-state index in [2.05, 4.69) is 29.1 Å². The number of alkyl halides is 1. The van der Waals surface area contributed by atoms with Crippen molar-refractivity contribution in [2.24, 2.45) is 11.8 Å². The summed E-state index contributed by atoms with van der Waals surface area (Å²) >= 11 is 11.8. The lowest BCUT2D eigenvalue weighted by molar-refractivity contribution is -0.154. The molecule has 37 heavy (non-hydrogen) atoms. The number of para-hydroxylation sites is 1. The van der Waals surface area contributed by atoms with Crippen molar-refractivity contribution in [2.45, 2.75) is 46.5 Å². The number of likely N-dealkylation sites (tertiary alicyclic amines) is 1. The third-order valence-corrected chi connectivity index (χ3v) is 10.9. The molecule has 6 atom stereocenters. The quantitative estimate of drug-likeness (QED) is 0.165. The topological polar surface area (TPSA) is 87.2 Å². The van der Waals surface area contributed by atoms with Crippen LogP contribution in [0.2, 0.25) is 5.02 Å². The number of aliphatic hydroxyl groups is 1. The van der Waals surface area contributed by atoms with Gasteiger partial charge in [0.1, 0.15) is 6.04 Å². The van der Waals surface area contributed by atoms with E-state index in [0.717, 1.165) is 0 Å². The molecule has 2 bridgehead atoms. The first kappa shape index (κ1) is 28.2. The van der Waals surface area contributed by atoms with Gasteiger partial charge >= 0.3 is 5.97 Å². The van der Waals surface area contributed by atoms with Crippen LogP contribution in [0.3, 0.4) is 0 Å². The highest BCUT2D eigenvalue weighted by Crippen LogP contribution is 2.68. The van der Waals surface area contributed by atoms with Gasteiger partial charge in [0, 0.05) is 29.8 Å². The minimum Gasteiger partial charge on any atom is -0.465 e. The van der Waals surface area contributed by atoms with Gasteiger partial charge in [-0.05, 0) is 37.8 Å². The Kier molecular flexibility index (Phi) is 9.09. The second-order valence-corrected chi connectivity index (χ2v) is 12.7. The Morgan fingerprint density at radius 2 is 2.05 bits per heavy atom. The van der Waals surface area contributed by atoms with Gasteiger partial charge in [-0.2, -0.15) is 0 Å². The van der Waals surface area contributed by atoms with Crippen LogP contribution in [-0.2, 0) is 19.1 Å². The van der Waals surface area contributed by atoms with Gasteiger partial charge in [0.25, 0.3) is 5.91 Å². The Labute approximate surface area is 235 Å². The normalized spacial score (nSPS) is 29.8.